The number of rotatable bonds is 2. The first kappa shape index (κ1) is 18.3. The van der Waals surface area contributed by atoms with E-state index in [1.807, 2.05) is 35.2 Å². The molecule has 1 aromatic carbocycles. The van der Waals surface area contributed by atoms with Crippen molar-refractivity contribution in [2.24, 2.45) is 5.92 Å². The van der Waals surface area contributed by atoms with E-state index in [2.05, 4.69) is 5.32 Å². The molecule has 7 heteroatoms. The van der Waals surface area contributed by atoms with Gasteiger partial charge in [-0.3, -0.25) is 4.79 Å². The number of para-hydroxylation sites is 1. The molecule has 3 aliphatic heterocycles. The van der Waals surface area contributed by atoms with Gasteiger partial charge in [-0.25, -0.2) is 4.79 Å². The summed E-state index contributed by atoms with van der Waals surface area (Å²) in [7, 11) is 0. The van der Waals surface area contributed by atoms with Crippen LogP contribution in [-0.2, 0) is 14.3 Å². The number of carbonyl (C=O) groups excluding carboxylic acids is 2. The maximum Gasteiger partial charge on any atom is 0.321 e. The van der Waals surface area contributed by atoms with Crippen LogP contribution in [0.25, 0.3) is 0 Å². The zero-order valence-electron chi connectivity index (χ0n) is 15.6. The average Bonchev–Trinajstić information content (AvgIpc) is 3.17. The summed E-state index contributed by atoms with van der Waals surface area (Å²) < 4.78 is 11.5. The quantitative estimate of drug-likeness (QED) is 0.864. The van der Waals surface area contributed by atoms with Crippen LogP contribution in [0.2, 0.25) is 0 Å². The van der Waals surface area contributed by atoms with Gasteiger partial charge in [0.15, 0.2) is 5.79 Å². The number of benzene rings is 1. The van der Waals surface area contributed by atoms with Crippen LogP contribution in [0.1, 0.15) is 25.7 Å². The number of nitrogens with zero attached hydrogens (tertiary/aromatic N) is 2. The number of urea groups is 1. The summed E-state index contributed by atoms with van der Waals surface area (Å²) in [6.45, 7) is 3.90. The van der Waals surface area contributed by atoms with E-state index in [1.165, 1.54) is 0 Å². The van der Waals surface area contributed by atoms with Crippen molar-refractivity contribution in [3.8, 4) is 0 Å². The van der Waals surface area contributed by atoms with Gasteiger partial charge in [0, 0.05) is 50.6 Å². The number of carbonyl (C=O) groups is 2. The van der Waals surface area contributed by atoms with E-state index in [1.54, 1.807) is 4.90 Å². The van der Waals surface area contributed by atoms with Gasteiger partial charge in [0.05, 0.1) is 13.2 Å². The Bertz CT molecular complexity index is 657. The first-order valence-corrected chi connectivity index (χ1v) is 9.83. The van der Waals surface area contributed by atoms with Gasteiger partial charge in [-0.2, -0.15) is 0 Å². The SMILES string of the molecule is O=C(Nc1ccccc1)N1CCC(C(=O)N2CCC3(CC2)OCCO3)CC1. The molecule has 0 aromatic heterocycles. The molecule has 3 fully saturated rings. The smallest absolute Gasteiger partial charge is 0.321 e. The van der Waals surface area contributed by atoms with Crippen LogP contribution in [0, 0.1) is 5.92 Å². The molecule has 3 aliphatic rings. The summed E-state index contributed by atoms with van der Waals surface area (Å²) in [5.41, 5.74) is 0.791. The molecule has 0 bridgehead atoms. The van der Waals surface area contributed by atoms with Crippen molar-refractivity contribution in [2.75, 3.05) is 44.7 Å². The van der Waals surface area contributed by atoms with E-state index in [0.717, 1.165) is 31.4 Å². The number of ether oxygens (including phenoxy) is 2. The number of likely N-dealkylation sites (tertiary alicyclic amines) is 2. The highest BCUT2D eigenvalue weighted by molar-refractivity contribution is 5.89. The summed E-state index contributed by atoms with van der Waals surface area (Å²) in [6, 6.07) is 9.35. The van der Waals surface area contributed by atoms with Crippen molar-refractivity contribution in [2.45, 2.75) is 31.5 Å². The van der Waals surface area contributed by atoms with Crippen molar-refractivity contribution < 1.29 is 19.1 Å². The molecule has 4 rings (SSSR count). The second-order valence-electron chi connectivity index (χ2n) is 7.49. The standard InChI is InChI=1S/C20H27N3O4/c24-18(22-12-8-20(9-13-22)26-14-15-27-20)16-6-10-23(11-7-16)19(25)21-17-4-2-1-3-5-17/h1-5,16H,6-15H2,(H,21,25). The zero-order chi connectivity index (χ0) is 18.7. The second kappa shape index (κ2) is 7.86. The highest BCUT2D eigenvalue weighted by Gasteiger charge is 2.42. The lowest BCUT2D eigenvalue weighted by Gasteiger charge is -2.40. The van der Waals surface area contributed by atoms with Crippen LogP contribution in [0.3, 0.4) is 0 Å². The molecular formula is C20H27N3O4. The van der Waals surface area contributed by atoms with E-state index in [4.69, 9.17) is 9.47 Å². The van der Waals surface area contributed by atoms with Gasteiger partial charge in [-0.05, 0) is 25.0 Å². The van der Waals surface area contributed by atoms with E-state index in [-0.39, 0.29) is 17.9 Å². The molecule has 0 aliphatic carbocycles. The van der Waals surface area contributed by atoms with Crippen molar-refractivity contribution in [1.82, 2.24) is 9.80 Å². The maximum atomic E-state index is 12.8. The van der Waals surface area contributed by atoms with Crippen molar-refractivity contribution in [3.05, 3.63) is 30.3 Å². The van der Waals surface area contributed by atoms with Gasteiger partial charge in [0.2, 0.25) is 5.91 Å². The number of piperidine rings is 2. The summed E-state index contributed by atoms with van der Waals surface area (Å²) in [6.07, 6.45) is 2.93. The van der Waals surface area contributed by atoms with E-state index >= 15 is 0 Å². The van der Waals surface area contributed by atoms with Crippen LogP contribution < -0.4 is 5.32 Å². The molecule has 27 heavy (non-hydrogen) atoms. The molecule has 3 saturated heterocycles. The Balaban J connectivity index is 1.24. The Hall–Kier alpha value is -2.12. The first-order valence-electron chi connectivity index (χ1n) is 9.83. The summed E-state index contributed by atoms with van der Waals surface area (Å²) in [4.78, 5) is 29.0. The predicted octanol–water partition coefficient (Wildman–Crippen LogP) is 2.30. The Morgan fingerprint density at radius 2 is 1.56 bits per heavy atom. The molecule has 1 aromatic rings. The minimum atomic E-state index is -0.449. The predicted molar refractivity (Wildman–Crippen MR) is 100 cm³/mol. The molecule has 7 nitrogen and oxygen atoms in total. The molecule has 146 valence electrons. The van der Waals surface area contributed by atoms with Gasteiger partial charge < -0.3 is 24.6 Å². The van der Waals surface area contributed by atoms with Crippen LogP contribution in [0.5, 0.6) is 0 Å². The van der Waals surface area contributed by atoms with Gasteiger partial charge in [0.25, 0.3) is 0 Å². The summed E-state index contributed by atoms with van der Waals surface area (Å²) in [5, 5.41) is 2.91. The van der Waals surface area contributed by atoms with Gasteiger partial charge >= 0.3 is 6.03 Å². The normalized spacial score (nSPS) is 22.8. The Labute approximate surface area is 159 Å². The van der Waals surface area contributed by atoms with Crippen LogP contribution in [0.15, 0.2) is 30.3 Å². The van der Waals surface area contributed by atoms with Gasteiger partial charge in [-0.1, -0.05) is 18.2 Å². The molecule has 0 unspecified atom stereocenters. The Morgan fingerprint density at radius 3 is 2.19 bits per heavy atom. The second-order valence-corrected chi connectivity index (χ2v) is 7.49. The number of nitrogens with one attached hydrogen (secondary N) is 1. The molecular weight excluding hydrogens is 346 g/mol. The fraction of sp³-hybridized carbons (Fsp3) is 0.600. The minimum absolute atomic E-state index is 0.00485. The molecule has 0 saturated carbocycles. The van der Waals surface area contributed by atoms with Crippen LogP contribution in [-0.4, -0.2) is 66.9 Å². The zero-order valence-corrected chi connectivity index (χ0v) is 15.6. The topological polar surface area (TPSA) is 71.1 Å². The molecule has 1 N–H and O–H groups in total. The van der Waals surface area contributed by atoms with Crippen molar-refractivity contribution >= 4 is 17.6 Å². The lowest BCUT2D eigenvalue weighted by Crippen LogP contribution is -2.51. The van der Waals surface area contributed by atoms with Crippen LogP contribution in [0.4, 0.5) is 10.5 Å². The number of hydrogen-bond acceptors (Lipinski definition) is 4. The highest BCUT2D eigenvalue weighted by Crippen LogP contribution is 2.32. The number of anilines is 1. The Morgan fingerprint density at radius 1 is 0.926 bits per heavy atom. The van der Waals surface area contributed by atoms with Crippen molar-refractivity contribution in [1.29, 1.82) is 0 Å². The molecule has 3 amide bonds. The van der Waals surface area contributed by atoms with Crippen LogP contribution >= 0.6 is 0 Å². The Kier molecular flexibility index (Phi) is 5.31. The van der Waals surface area contributed by atoms with E-state index in [0.29, 0.717) is 39.4 Å². The first-order chi connectivity index (χ1) is 13.2. The summed E-state index contributed by atoms with van der Waals surface area (Å²) in [5.74, 6) is -0.230. The van der Waals surface area contributed by atoms with Gasteiger partial charge in [-0.15, -0.1) is 0 Å². The summed E-state index contributed by atoms with van der Waals surface area (Å²) >= 11 is 0. The fourth-order valence-electron chi connectivity index (χ4n) is 4.17. The van der Waals surface area contributed by atoms with Crippen molar-refractivity contribution in [3.63, 3.8) is 0 Å². The molecule has 3 heterocycles. The minimum Gasteiger partial charge on any atom is -0.347 e. The lowest BCUT2D eigenvalue weighted by atomic mass is 9.93. The third-order valence-electron chi connectivity index (χ3n) is 5.81. The third-order valence-corrected chi connectivity index (χ3v) is 5.81. The van der Waals surface area contributed by atoms with Gasteiger partial charge in [0.1, 0.15) is 0 Å². The number of amides is 3. The monoisotopic (exact) mass is 373 g/mol. The lowest BCUT2D eigenvalue weighted by molar-refractivity contribution is -0.188. The largest absolute Gasteiger partial charge is 0.347 e. The average molecular weight is 373 g/mol. The fourth-order valence-corrected chi connectivity index (χ4v) is 4.17. The maximum absolute atomic E-state index is 12.8. The third kappa shape index (κ3) is 4.09. The van der Waals surface area contributed by atoms with E-state index in [9.17, 15) is 9.59 Å². The molecule has 0 radical (unpaired) electrons. The number of hydrogen-bond donors (Lipinski definition) is 1. The highest BCUT2D eigenvalue weighted by atomic mass is 16.7. The molecule has 0 atom stereocenters. The molecule has 1 spiro atoms. The van der Waals surface area contributed by atoms with E-state index < -0.39 is 5.79 Å².